The van der Waals surface area contributed by atoms with Crippen LogP contribution < -0.4 is 11.1 Å². The summed E-state index contributed by atoms with van der Waals surface area (Å²) in [5.74, 6) is -1.70. The van der Waals surface area contributed by atoms with E-state index in [1.54, 1.807) is 0 Å². The van der Waals surface area contributed by atoms with Crippen LogP contribution in [0.25, 0.3) is 0 Å². The van der Waals surface area contributed by atoms with Gasteiger partial charge in [-0.05, 0) is 32.0 Å². The van der Waals surface area contributed by atoms with E-state index < -0.39 is 23.2 Å². The molecule has 0 bridgehead atoms. The number of rotatable bonds is 3. The van der Waals surface area contributed by atoms with E-state index in [1.165, 1.54) is 32.0 Å². The summed E-state index contributed by atoms with van der Waals surface area (Å²) in [5, 5.41) is 2.42. The number of primary amides is 1. The van der Waals surface area contributed by atoms with Gasteiger partial charge in [-0.2, -0.15) is 0 Å². The number of carbonyl (C=O) groups is 2. The standard InChI is InChI=1S/C11H13FN2O2/c1-11(2,10(13)16)14-9(15)7-4-3-5-8(12)6-7/h3-6H,1-2H3,(H2,13,16)(H,14,15). The number of amides is 2. The van der Waals surface area contributed by atoms with Crippen molar-refractivity contribution in [3.63, 3.8) is 0 Å². The zero-order valence-corrected chi connectivity index (χ0v) is 9.08. The molecule has 2 amide bonds. The number of carbonyl (C=O) groups excluding carboxylic acids is 2. The molecular formula is C11H13FN2O2. The minimum absolute atomic E-state index is 0.148. The summed E-state index contributed by atoms with van der Waals surface area (Å²) < 4.78 is 12.8. The van der Waals surface area contributed by atoms with Gasteiger partial charge < -0.3 is 11.1 Å². The Kier molecular flexibility index (Phi) is 3.27. The van der Waals surface area contributed by atoms with Gasteiger partial charge >= 0.3 is 0 Å². The zero-order chi connectivity index (χ0) is 12.3. The Bertz CT molecular complexity index is 430. The highest BCUT2D eigenvalue weighted by molar-refractivity contribution is 5.98. The van der Waals surface area contributed by atoms with Crippen LogP contribution in [0, 0.1) is 5.82 Å². The van der Waals surface area contributed by atoms with Crippen molar-refractivity contribution in [3.8, 4) is 0 Å². The number of halogens is 1. The lowest BCUT2D eigenvalue weighted by atomic mass is 10.0. The summed E-state index contributed by atoms with van der Waals surface area (Å²) in [4.78, 5) is 22.6. The van der Waals surface area contributed by atoms with Crippen LogP contribution in [-0.2, 0) is 4.79 Å². The first kappa shape index (κ1) is 12.2. The first-order valence-electron chi connectivity index (χ1n) is 4.71. The van der Waals surface area contributed by atoms with Crippen molar-refractivity contribution in [1.82, 2.24) is 5.32 Å². The van der Waals surface area contributed by atoms with Gasteiger partial charge in [0.2, 0.25) is 5.91 Å². The normalized spacial score (nSPS) is 10.9. The van der Waals surface area contributed by atoms with Crippen LogP contribution in [0.2, 0.25) is 0 Å². The second kappa shape index (κ2) is 4.30. The summed E-state index contributed by atoms with van der Waals surface area (Å²) in [6, 6.07) is 5.19. The highest BCUT2D eigenvalue weighted by Gasteiger charge is 2.27. The summed E-state index contributed by atoms with van der Waals surface area (Å²) in [7, 11) is 0. The largest absolute Gasteiger partial charge is 0.368 e. The molecule has 0 fully saturated rings. The number of hydrogen-bond donors (Lipinski definition) is 2. The number of benzene rings is 1. The molecule has 0 spiro atoms. The lowest BCUT2D eigenvalue weighted by molar-refractivity contribution is -0.122. The summed E-state index contributed by atoms with van der Waals surface area (Å²) in [6.07, 6.45) is 0. The predicted octanol–water partition coefficient (Wildman–Crippen LogP) is 0.819. The SMILES string of the molecule is CC(C)(NC(=O)c1cccc(F)c1)C(N)=O. The Balaban J connectivity index is 2.85. The molecule has 4 nitrogen and oxygen atoms in total. The molecule has 0 heterocycles. The summed E-state index contributed by atoms with van der Waals surface area (Å²) in [5.41, 5.74) is 4.08. The molecule has 1 rings (SSSR count). The average molecular weight is 224 g/mol. The lowest BCUT2D eigenvalue weighted by Crippen LogP contribution is -2.53. The van der Waals surface area contributed by atoms with E-state index in [1.807, 2.05) is 0 Å². The quantitative estimate of drug-likeness (QED) is 0.797. The molecule has 0 radical (unpaired) electrons. The van der Waals surface area contributed by atoms with E-state index in [9.17, 15) is 14.0 Å². The Morgan fingerprint density at radius 3 is 2.50 bits per heavy atom. The molecule has 0 aromatic heterocycles. The summed E-state index contributed by atoms with van der Waals surface area (Å²) in [6.45, 7) is 2.96. The van der Waals surface area contributed by atoms with Crippen molar-refractivity contribution < 1.29 is 14.0 Å². The first-order chi connectivity index (χ1) is 7.33. The van der Waals surface area contributed by atoms with E-state index in [4.69, 9.17) is 5.73 Å². The second-order valence-corrected chi connectivity index (χ2v) is 3.95. The van der Waals surface area contributed by atoms with Crippen LogP contribution in [0.4, 0.5) is 4.39 Å². The van der Waals surface area contributed by atoms with E-state index in [0.29, 0.717) is 0 Å². The van der Waals surface area contributed by atoms with Crippen molar-refractivity contribution >= 4 is 11.8 Å². The van der Waals surface area contributed by atoms with Crippen molar-refractivity contribution in [2.24, 2.45) is 5.73 Å². The third-order valence-electron chi connectivity index (χ3n) is 2.13. The Morgan fingerprint density at radius 2 is 2.00 bits per heavy atom. The minimum atomic E-state index is -1.16. The van der Waals surface area contributed by atoms with E-state index >= 15 is 0 Å². The fourth-order valence-corrected chi connectivity index (χ4v) is 1.05. The van der Waals surface area contributed by atoms with Gasteiger partial charge in [0.1, 0.15) is 11.4 Å². The predicted molar refractivity (Wildman–Crippen MR) is 57.1 cm³/mol. The molecule has 0 unspecified atom stereocenters. The Labute approximate surface area is 92.6 Å². The highest BCUT2D eigenvalue weighted by Crippen LogP contribution is 2.07. The van der Waals surface area contributed by atoms with Crippen LogP contribution in [0.1, 0.15) is 24.2 Å². The second-order valence-electron chi connectivity index (χ2n) is 3.95. The third kappa shape index (κ3) is 2.79. The molecule has 16 heavy (non-hydrogen) atoms. The smallest absolute Gasteiger partial charge is 0.252 e. The number of nitrogens with one attached hydrogen (secondary N) is 1. The van der Waals surface area contributed by atoms with Crippen LogP contribution in [-0.4, -0.2) is 17.4 Å². The molecule has 1 aromatic rings. The van der Waals surface area contributed by atoms with Crippen molar-refractivity contribution in [3.05, 3.63) is 35.6 Å². The fraction of sp³-hybridized carbons (Fsp3) is 0.273. The molecule has 86 valence electrons. The van der Waals surface area contributed by atoms with Gasteiger partial charge in [0, 0.05) is 5.56 Å². The first-order valence-corrected chi connectivity index (χ1v) is 4.71. The van der Waals surface area contributed by atoms with Crippen LogP contribution in [0.15, 0.2) is 24.3 Å². The van der Waals surface area contributed by atoms with E-state index in [2.05, 4.69) is 5.32 Å². The molecule has 0 aliphatic rings. The van der Waals surface area contributed by atoms with Crippen LogP contribution in [0.3, 0.4) is 0 Å². The molecule has 0 saturated carbocycles. The van der Waals surface area contributed by atoms with Crippen molar-refractivity contribution in [2.45, 2.75) is 19.4 Å². The lowest BCUT2D eigenvalue weighted by Gasteiger charge is -2.22. The van der Waals surface area contributed by atoms with Gasteiger partial charge in [-0.1, -0.05) is 6.07 Å². The molecule has 0 atom stereocenters. The molecule has 0 aliphatic heterocycles. The molecular weight excluding hydrogens is 211 g/mol. The van der Waals surface area contributed by atoms with Crippen LogP contribution >= 0.6 is 0 Å². The average Bonchev–Trinajstić information content (AvgIpc) is 2.16. The molecule has 0 aliphatic carbocycles. The number of nitrogens with two attached hydrogens (primary N) is 1. The van der Waals surface area contributed by atoms with Gasteiger partial charge in [-0.25, -0.2) is 4.39 Å². The van der Waals surface area contributed by atoms with Gasteiger partial charge in [0.15, 0.2) is 0 Å². The maximum atomic E-state index is 12.8. The van der Waals surface area contributed by atoms with Gasteiger partial charge in [-0.3, -0.25) is 9.59 Å². The van der Waals surface area contributed by atoms with Gasteiger partial charge in [0.25, 0.3) is 5.91 Å². The maximum absolute atomic E-state index is 12.8. The maximum Gasteiger partial charge on any atom is 0.252 e. The third-order valence-corrected chi connectivity index (χ3v) is 2.13. The summed E-state index contributed by atoms with van der Waals surface area (Å²) >= 11 is 0. The van der Waals surface area contributed by atoms with Crippen molar-refractivity contribution in [1.29, 1.82) is 0 Å². The fourth-order valence-electron chi connectivity index (χ4n) is 1.05. The molecule has 0 saturated heterocycles. The number of hydrogen-bond acceptors (Lipinski definition) is 2. The zero-order valence-electron chi connectivity index (χ0n) is 9.08. The Hall–Kier alpha value is -1.91. The topological polar surface area (TPSA) is 72.2 Å². The highest BCUT2D eigenvalue weighted by atomic mass is 19.1. The van der Waals surface area contributed by atoms with E-state index in [0.717, 1.165) is 6.07 Å². The van der Waals surface area contributed by atoms with Crippen molar-refractivity contribution in [2.75, 3.05) is 0 Å². The van der Waals surface area contributed by atoms with Gasteiger partial charge in [-0.15, -0.1) is 0 Å². The molecule has 1 aromatic carbocycles. The molecule has 3 N–H and O–H groups in total. The minimum Gasteiger partial charge on any atom is -0.368 e. The monoisotopic (exact) mass is 224 g/mol. The van der Waals surface area contributed by atoms with Crippen LogP contribution in [0.5, 0.6) is 0 Å². The molecule has 5 heteroatoms. The Morgan fingerprint density at radius 1 is 1.38 bits per heavy atom. The van der Waals surface area contributed by atoms with E-state index in [-0.39, 0.29) is 5.56 Å². The van der Waals surface area contributed by atoms with Gasteiger partial charge in [0.05, 0.1) is 0 Å².